The van der Waals surface area contributed by atoms with Crippen LogP contribution in [0.25, 0.3) is 0 Å². The lowest BCUT2D eigenvalue weighted by Crippen LogP contribution is -2.44. The first-order valence-electron chi connectivity index (χ1n) is 5.21. The molecule has 0 aromatic rings. The van der Waals surface area contributed by atoms with E-state index in [0.29, 0.717) is 12.8 Å². The molecule has 0 aliphatic carbocycles. The highest BCUT2D eigenvalue weighted by Gasteiger charge is 2.26. The second-order valence-electron chi connectivity index (χ2n) is 3.66. The Bertz CT molecular complexity index is 278. The number of carboxylic acid groups (broad SMARTS) is 1. The van der Waals surface area contributed by atoms with E-state index in [4.69, 9.17) is 16.6 Å². The molecule has 0 fully saturated rings. The van der Waals surface area contributed by atoms with Crippen molar-refractivity contribution in [2.45, 2.75) is 44.7 Å². The Labute approximate surface area is 94.0 Å². The van der Waals surface area contributed by atoms with Crippen LogP contribution in [-0.2, 0) is 14.4 Å². The second-order valence-corrected chi connectivity index (χ2v) is 3.66. The highest BCUT2D eigenvalue weighted by Crippen LogP contribution is 2.01. The van der Waals surface area contributed by atoms with Gasteiger partial charge >= 0.3 is 5.97 Å². The summed E-state index contributed by atoms with van der Waals surface area (Å²) in [5, 5.41) is 8.40. The van der Waals surface area contributed by atoms with Crippen molar-refractivity contribution in [1.82, 2.24) is 0 Å². The Hall–Kier alpha value is -1.27. The van der Waals surface area contributed by atoms with Crippen molar-refractivity contribution in [2.75, 3.05) is 0 Å². The number of ketones is 2. The number of hydrogen-bond acceptors (Lipinski definition) is 5. The van der Waals surface area contributed by atoms with Crippen molar-refractivity contribution in [3.05, 3.63) is 0 Å². The van der Waals surface area contributed by atoms with Crippen molar-refractivity contribution in [1.29, 1.82) is 0 Å². The molecule has 2 atom stereocenters. The highest BCUT2D eigenvalue weighted by molar-refractivity contribution is 6.40. The summed E-state index contributed by atoms with van der Waals surface area (Å²) in [4.78, 5) is 33.1. The summed E-state index contributed by atoms with van der Waals surface area (Å²) >= 11 is 0. The molecule has 0 amide bonds. The number of carboxylic acids is 1. The van der Waals surface area contributed by atoms with E-state index >= 15 is 0 Å². The van der Waals surface area contributed by atoms with Crippen LogP contribution in [-0.4, -0.2) is 34.7 Å². The first-order valence-corrected chi connectivity index (χ1v) is 5.21. The van der Waals surface area contributed by atoms with E-state index < -0.39 is 29.6 Å². The standard InChI is InChI=1S/C10H18N2O4/c1-2-3-6(11)9(15)10(16)7(12)4-5-8(13)14/h6-7H,2-5,11-12H2,1H3,(H,13,14)/t6-,7-/m0/s1. The number of Topliss-reactive ketones (excluding diaryl/α,β-unsaturated/α-hetero) is 2. The fourth-order valence-corrected chi connectivity index (χ4v) is 1.22. The first-order chi connectivity index (χ1) is 7.40. The zero-order chi connectivity index (χ0) is 12.7. The SMILES string of the molecule is CCC[C@H](N)C(=O)C(=O)[C@@H](N)CCC(=O)O. The number of aliphatic carboxylic acids is 1. The molecule has 6 nitrogen and oxygen atoms in total. The third-order valence-electron chi connectivity index (χ3n) is 2.19. The Morgan fingerprint density at radius 1 is 1.06 bits per heavy atom. The Kier molecular flexibility index (Phi) is 6.52. The maximum absolute atomic E-state index is 11.4. The second kappa shape index (κ2) is 7.08. The molecule has 0 aromatic carbocycles. The lowest BCUT2D eigenvalue weighted by atomic mass is 9.98. The fourth-order valence-electron chi connectivity index (χ4n) is 1.22. The van der Waals surface area contributed by atoms with E-state index in [9.17, 15) is 14.4 Å². The van der Waals surface area contributed by atoms with Crippen LogP contribution in [0.15, 0.2) is 0 Å². The lowest BCUT2D eigenvalue weighted by molar-refractivity contribution is -0.139. The molecule has 16 heavy (non-hydrogen) atoms. The average Bonchev–Trinajstić information content (AvgIpc) is 2.23. The summed E-state index contributed by atoms with van der Waals surface area (Å²) in [6.45, 7) is 1.85. The van der Waals surface area contributed by atoms with E-state index in [1.165, 1.54) is 0 Å². The van der Waals surface area contributed by atoms with Crippen LogP contribution in [0.2, 0.25) is 0 Å². The fraction of sp³-hybridized carbons (Fsp3) is 0.700. The van der Waals surface area contributed by atoms with Gasteiger partial charge in [-0.2, -0.15) is 0 Å². The molecule has 0 aliphatic rings. The van der Waals surface area contributed by atoms with Gasteiger partial charge in [0.2, 0.25) is 11.6 Å². The van der Waals surface area contributed by atoms with Gasteiger partial charge in [0.25, 0.3) is 0 Å². The smallest absolute Gasteiger partial charge is 0.303 e. The van der Waals surface area contributed by atoms with Gasteiger partial charge in [-0.05, 0) is 12.8 Å². The zero-order valence-electron chi connectivity index (χ0n) is 9.31. The monoisotopic (exact) mass is 230 g/mol. The summed E-state index contributed by atoms with van der Waals surface area (Å²) in [5.74, 6) is -2.53. The van der Waals surface area contributed by atoms with Crippen molar-refractivity contribution < 1.29 is 19.5 Å². The van der Waals surface area contributed by atoms with Crippen molar-refractivity contribution >= 4 is 17.5 Å². The van der Waals surface area contributed by atoms with Gasteiger partial charge in [-0.15, -0.1) is 0 Å². The molecular formula is C10H18N2O4. The van der Waals surface area contributed by atoms with Crippen LogP contribution in [0, 0.1) is 0 Å². The molecular weight excluding hydrogens is 212 g/mol. The van der Waals surface area contributed by atoms with Crippen molar-refractivity contribution in [3.63, 3.8) is 0 Å². The van der Waals surface area contributed by atoms with Crippen LogP contribution in [0.3, 0.4) is 0 Å². The van der Waals surface area contributed by atoms with Gasteiger partial charge in [0.1, 0.15) is 0 Å². The average molecular weight is 230 g/mol. The zero-order valence-corrected chi connectivity index (χ0v) is 9.31. The predicted molar refractivity (Wildman–Crippen MR) is 57.7 cm³/mol. The predicted octanol–water partition coefficient (Wildman–Crippen LogP) is -0.556. The third kappa shape index (κ3) is 4.99. The Morgan fingerprint density at radius 3 is 1.88 bits per heavy atom. The van der Waals surface area contributed by atoms with Crippen LogP contribution < -0.4 is 11.5 Å². The quantitative estimate of drug-likeness (QED) is 0.480. The Morgan fingerprint density at radius 2 is 1.50 bits per heavy atom. The van der Waals surface area contributed by atoms with E-state index in [2.05, 4.69) is 0 Å². The number of rotatable bonds is 8. The molecule has 0 heterocycles. The molecule has 0 aliphatic heterocycles. The van der Waals surface area contributed by atoms with Crippen LogP contribution >= 0.6 is 0 Å². The van der Waals surface area contributed by atoms with Gasteiger partial charge < -0.3 is 16.6 Å². The molecule has 92 valence electrons. The molecule has 0 aromatic heterocycles. The minimum Gasteiger partial charge on any atom is -0.481 e. The molecule has 0 saturated carbocycles. The van der Waals surface area contributed by atoms with Crippen molar-refractivity contribution in [2.24, 2.45) is 11.5 Å². The molecule has 0 spiro atoms. The number of carbonyl (C=O) groups is 3. The topological polar surface area (TPSA) is 123 Å². The lowest BCUT2D eigenvalue weighted by Gasteiger charge is -2.12. The van der Waals surface area contributed by atoms with E-state index in [1.807, 2.05) is 6.92 Å². The number of nitrogens with two attached hydrogens (primary N) is 2. The van der Waals surface area contributed by atoms with Crippen molar-refractivity contribution in [3.8, 4) is 0 Å². The third-order valence-corrected chi connectivity index (χ3v) is 2.19. The summed E-state index contributed by atoms with van der Waals surface area (Å²) in [7, 11) is 0. The van der Waals surface area contributed by atoms with E-state index in [-0.39, 0.29) is 12.8 Å². The highest BCUT2D eigenvalue weighted by atomic mass is 16.4. The molecule has 5 N–H and O–H groups in total. The minimum atomic E-state index is -1.06. The van der Waals surface area contributed by atoms with Gasteiger partial charge in [-0.1, -0.05) is 13.3 Å². The molecule has 0 radical (unpaired) electrons. The van der Waals surface area contributed by atoms with E-state index in [1.54, 1.807) is 0 Å². The number of carbonyl (C=O) groups excluding carboxylic acids is 2. The minimum absolute atomic E-state index is 0.0429. The molecule has 0 rings (SSSR count). The summed E-state index contributed by atoms with van der Waals surface area (Å²) in [5.41, 5.74) is 10.9. The van der Waals surface area contributed by atoms with Gasteiger partial charge in [-0.25, -0.2) is 0 Å². The van der Waals surface area contributed by atoms with Crippen LogP contribution in [0.5, 0.6) is 0 Å². The van der Waals surface area contributed by atoms with Gasteiger partial charge in [0, 0.05) is 6.42 Å². The first kappa shape index (κ1) is 14.7. The summed E-state index contributed by atoms with van der Waals surface area (Å²) in [6.07, 6.45) is 0.850. The van der Waals surface area contributed by atoms with Gasteiger partial charge in [0.05, 0.1) is 12.1 Å². The maximum Gasteiger partial charge on any atom is 0.303 e. The van der Waals surface area contributed by atoms with Gasteiger partial charge in [0.15, 0.2) is 0 Å². The Balaban J connectivity index is 4.21. The van der Waals surface area contributed by atoms with Crippen LogP contribution in [0.1, 0.15) is 32.6 Å². The summed E-state index contributed by atoms with van der Waals surface area (Å²) in [6, 6.07) is -1.89. The molecule has 0 unspecified atom stereocenters. The summed E-state index contributed by atoms with van der Waals surface area (Å²) < 4.78 is 0. The molecule has 0 saturated heterocycles. The van der Waals surface area contributed by atoms with Gasteiger partial charge in [-0.3, -0.25) is 14.4 Å². The number of hydrogen-bond donors (Lipinski definition) is 3. The maximum atomic E-state index is 11.4. The van der Waals surface area contributed by atoms with E-state index in [0.717, 1.165) is 0 Å². The largest absolute Gasteiger partial charge is 0.481 e. The molecule has 0 bridgehead atoms. The normalized spacial score (nSPS) is 14.2. The molecule has 6 heteroatoms. The van der Waals surface area contributed by atoms with Crippen LogP contribution in [0.4, 0.5) is 0 Å².